The van der Waals surface area contributed by atoms with Gasteiger partial charge in [-0.15, -0.1) is 11.3 Å². The number of aromatic nitrogens is 1. The molecule has 0 aliphatic carbocycles. The Morgan fingerprint density at radius 3 is 2.78 bits per heavy atom. The molecule has 1 aromatic heterocycles. The maximum Gasteiger partial charge on any atom is 0.203 e. The molecule has 0 amide bonds. The second kappa shape index (κ2) is 7.55. The molecule has 0 saturated carbocycles. The molecule has 0 atom stereocenters. The van der Waals surface area contributed by atoms with Crippen LogP contribution in [0, 0.1) is 5.82 Å². The molecule has 0 bridgehead atoms. The average Bonchev–Trinajstić information content (AvgIpc) is 3.16. The molecular formula is C21H16FN3OS. The number of nitrogens with one attached hydrogen (secondary N) is 1. The smallest absolute Gasteiger partial charge is 0.203 e. The van der Waals surface area contributed by atoms with E-state index in [0.717, 1.165) is 33.3 Å². The van der Waals surface area contributed by atoms with Crippen molar-refractivity contribution in [3.8, 4) is 17.0 Å². The number of thiazole rings is 1. The number of hydrogen-bond acceptors (Lipinski definition) is 5. The van der Waals surface area contributed by atoms with Crippen LogP contribution in [0.4, 0.5) is 9.52 Å². The summed E-state index contributed by atoms with van der Waals surface area (Å²) in [4.78, 5) is 4.43. The Hall–Kier alpha value is -3.25. The Kier molecular flexibility index (Phi) is 4.80. The van der Waals surface area contributed by atoms with E-state index in [2.05, 4.69) is 21.6 Å². The molecule has 6 heteroatoms. The van der Waals surface area contributed by atoms with E-state index in [9.17, 15) is 4.39 Å². The minimum atomic E-state index is -0.276. The summed E-state index contributed by atoms with van der Waals surface area (Å²) in [5.74, 6) is 0.561. The number of fused-ring (bicyclic) bond motifs is 1. The lowest BCUT2D eigenvalue weighted by atomic mass is 10.1. The maximum absolute atomic E-state index is 13.3. The predicted molar refractivity (Wildman–Crippen MR) is 109 cm³/mol. The summed E-state index contributed by atoms with van der Waals surface area (Å²) in [5.41, 5.74) is 5.36. The summed E-state index contributed by atoms with van der Waals surface area (Å²) in [5, 5.41) is 8.99. The zero-order chi connectivity index (χ0) is 18.6. The van der Waals surface area contributed by atoms with Crippen LogP contribution in [-0.4, -0.2) is 18.3 Å². The molecule has 0 saturated heterocycles. The fourth-order valence-corrected chi connectivity index (χ4v) is 3.39. The van der Waals surface area contributed by atoms with Crippen molar-refractivity contribution in [3.05, 3.63) is 77.4 Å². The minimum Gasteiger partial charge on any atom is -0.497 e. The van der Waals surface area contributed by atoms with E-state index in [1.54, 1.807) is 19.4 Å². The molecule has 0 spiro atoms. The van der Waals surface area contributed by atoms with Gasteiger partial charge < -0.3 is 4.74 Å². The second-order valence-corrected chi connectivity index (χ2v) is 6.75. The van der Waals surface area contributed by atoms with Crippen LogP contribution in [-0.2, 0) is 0 Å². The Morgan fingerprint density at radius 1 is 1.07 bits per heavy atom. The second-order valence-electron chi connectivity index (χ2n) is 5.89. The number of ether oxygens (including phenoxy) is 1. The summed E-state index contributed by atoms with van der Waals surface area (Å²) in [6.45, 7) is 0. The van der Waals surface area contributed by atoms with Crippen molar-refractivity contribution in [2.45, 2.75) is 0 Å². The third-order valence-electron chi connectivity index (χ3n) is 4.07. The van der Waals surface area contributed by atoms with Crippen LogP contribution in [0.5, 0.6) is 5.75 Å². The van der Waals surface area contributed by atoms with Gasteiger partial charge in [-0.25, -0.2) is 9.37 Å². The van der Waals surface area contributed by atoms with Crippen LogP contribution < -0.4 is 10.2 Å². The highest BCUT2D eigenvalue weighted by Gasteiger charge is 2.05. The summed E-state index contributed by atoms with van der Waals surface area (Å²) < 4.78 is 18.6. The van der Waals surface area contributed by atoms with Gasteiger partial charge in [0.25, 0.3) is 0 Å². The summed E-state index contributed by atoms with van der Waals surface area (Å²) in [6, 6.07) is 18.4. The lowest BCUT2D eigenvalue weighted by molar-refractivity contribution is 0.415. The standard InChI is InChI=1S/C21H16FN3OS/c1-26-19-8-7-15-9-14(5-6-16(15)11-19)12-23-25-21-24-20(13-27-21)17-3-2-4-18(22)10-17/h2-13H,1H3,(H,24,25)/b23-12+. The first kappa shape index (κ1) is 17.2. The molecule has 1 N–H and O–H groups in total. The zero-order valence-corrected chi connectivity index (χ0v) is 15.3. The van der Waals surface area contributed by atoms with Crippen LogP contribution >= 0.6 is 11.3 Å². The van der Waals surface area contributed by atoms with Crippen LogP contribution in [0.25, 0.3) is 22.0 Å². The lowest BCUT2D eigenvalue weighted by Gasteiger charge is -2.03. The van der Waals surface area contributed by atoms with Gasteiger partial charge in [-0.05, 0) is 46.7 Å². The Balaban J connectivity index is 1.47. The number of methoxy groups -OCH3 is 1. The molecular weight excluding hydrogens is 361 g/mol. The molecule has 4 rings (SSSR count). The molecule has 0 aliphatic rings. The van der Waals surface area contributed by atoms with Gasteiger partial charge in [-0.2, -0.15) is 5.10 Å². The molecule has 0 fully saturated rings. The Bertz CT molecular complexity index is 1120. The van der Waals surface area contributed by atoms with Crippen molar-refractivity contribution in [1.82, 2.24) is 4.98 Å². The quantitative estimate of drug-likeness (QED) is 0.366. The molecule has 27 heavy (non-hydrogen) atoms. The Morgan fingerprint density at radius 2 is 1.93 bits per heavy atom. The SMILES string of the molecule is COc1ccc2cc(/C=N/Nc3nc(-c4cccc(F)c4)cs3)ccc2c1. The largest absolute Gasteiger partial charge is 0.497 e. The number of nitrogens with zero attached hydrogens (tertiary/aromatic N) is 2. The highest BCUT2D eigenvalue weighted by atomic mass is 32.1. The first-order valence-corrected chi connectivity index (χ1v) is 9.17. The van der Waals surface area contributed by atoms with Crippen molar-refractivity contribution in [1.29, 1.82) is 0 Å². The number of benzene rings is 3. The van der Waals surface area contributed by atoms with Crippen molar-refractivity contribution in [3.63, 3.8) is 0 Å². The van der Waals surface area contributed by atoms with Crippen LogP contribution in [0.15, 0.2) is 71.1 Å². The third-order valence-corrected chi connectivity index (χ3v) is 4.82. The summed E-state index contributed by atoms with van der Waals surface area (Å²) >= 11 is 1.42. The van der Waals surface area contributed by atoms with Crippen LogP contribution in [0.2, 0.25) is 0 Å². The molecule has 0 radical (unpaired) electrons. The Labute approximate surface area is 160 Å². The number of rotatable bonds is 5. The van der Waals surface area contributed by atoms with E-state index in [-0.39, 0.29) is 5.82 Å². The number of hydrogen-bond donors (Lipinski definition) is 1. The monoisotopic (exact) mass is 377 g/mol. The van der Waals surface area contributed by atoms with Crippen molar-refractivity contribution >= 4 is 33.5 Å². The van der Waals surface area contributed by atoms with Crippen molar-refractivity contribution in [2.75, 3.05) is 12.5 Å². The number of halogens is 1. The van der Waals surface area contributed by atoms with Gasteiger partial charge in [0.05, 0.1) is 19.0 Å². The topological polar surface area (TPSA) is 46.5 Å². The average molecular weight is 377 g/mol. The van der Waals surface area contributed by atoms with E-state index in [0.29, 0.717) is 5.13 Å². The van der Waals surface area contributed by atoms with E-state index in [1.165, 1.54) is 23.5 Å². The van der Waals surface area contributed by atoms with E-state index < -0.39 is 0 Å². The fraction of sp³-hybridized carbons (Fsp3) is 0.0476. The van der Waals surface area contributed by atoms with Gasteiger partial charge in [-0.1, -0.05) is 30.3 Å². The first-order chi connectivity index (χ1) is 13.2. The molecule has 134 valence electrons. The first-order valence-electron chi connectivity index (χ1n) is 8.29. The van der Waals surface area contributed by atoms with E-state index >= 15 is 0 Å². The van der Waals surface area contributed by atoms with Crippen LogP contribution in [0.3, 0.4) is 0 Å². The van der Waals surface area contributed by atoms with Gasteiger partial charge in [0, 0.05) is 10.9 Å². The van der Waals surface area contributed by atoms with Gasteiger partial charge in [-0.3, -0.25) is 5.43 Å². The highest BCUT2D eigenvalue weighted by molar-refractivity contribution is 7.14. The van der Waals surface area contributed by atoms with E-state index in [4.69, 9.17) is 4.74 Å². The predicted octanol–water partition coefficient (Wildman–Crippen LogP) is 5.56. The van der Waals surface area contributed by atoms with Gasteiger partial charge in [0.1, 0.15) is 11.6 Å². The lowest BCUT2D eigenvalue weighted by Crippen LogP contribution is -1.90. The molecule has 4 nitrogen and oxygen atoms in total. The zero-order valence-electron chi connectivity index (χ0n) is 14.5. The van der Waals surface area contributed by atoms with Gasteiger partial charge >= 0.3 is 0 Å². The third kappa shape index (κ3) is 3.96. The molecule has 0 unspecified atom stereocenters. The fourth-order valence-electron chi connectivity index (χ4n) is 2.72. The minimum absolute atomic E-state index is 0.276. The van der Waals surface area contributed by atoms with Crippen molar-refractivity contribution in [2.24, 2.45) is 5.10 Å². The summed E-state index contributed by atoms with van der Waals surface area (Å²) in [7, 11) is 1.66. The molecule has 1 heterocycles. The molecule has 0 aliphatic heterocycles. The maximum atomic E-state index is 13.3. The van der Waals surface area contributed by atoms with Gasteiger partial charge in [0.2, 0.25) is 5.13 Å². The number of anilines is 1. The number of hydrazone groups is 1. The van der Waals surface area contributed by atoms with Crippen molar-refractivity contribution < 1.29 is 9.13 Å². The molecule has 4 aromatic rings. The molecule has 3 aromatic carbocycles. The normalized spacial score (nSPS) is 11.2. The van der Waals surface area contributed by atoms with Crippen LogP contribution in [0.1, 0.15) is 5.56 Å². The van der Waals surface area contributed by atoms with Gasteiger partial charge in [0.15, 0.2) is 0 Å². The van der Waals surface area contributed by atoms with E-state index in [1.807, 2.05) is 41.8 Å². The highest BCUT2D eigenvalue weighted by Crippen LogP contribution is 2.25. The summed E-state index contributed by atoms with van der Waals surface area (Å²) in [6.07, 6.45) is 1.74.